The van der Waals surface area contributed by atoms with Crippen molar-refractivity contribution in [3.8, 4) is 0 Å². The third-order valence-corrected chi connectivity index (χ3v) is 0.720. The number of aromatic carboxylic acids is 1. The number of H-pyrrole nitrogens is 1. The maximum atomic E-state index is 9.98. The van der Waals surface area contributed by atoms with E-state index in [-0.39, 0.29) is 35.3 Å². The van der Waals surface area contributed by atoms with Gasteiger partial charge in [0.15, 0.2) is 5.69 Å². The Morgan fingerprint density at radius 1 is 1.78 bits per heavy atom. The van der Waals surface area contributed by atoms with Crippen LogP contribution in [0.3, 0.4) is 0 Å². The zero-order chi connectivity index (χ0) is 5.98. The molecule has 0 saturated heterocycles. The van der Waals surface area contributed by atoms with Gasteiger partial charge in [0, 0.05) is 6.20 Å². The van der Waals surface area contributed by atoms with Crippen molar-refractivity contribution in [1.29, 1.82) is 0 Å². The van der Waals surface area contributed by atoms with Crippen LogP contribution in [-0.2, 0) is 0 Å². The number of nitrogens with zero attached hydrogens (tertiary/aromatic N) is 1. The molecule has 2 N–H and O–H groups in total. The van der Waals surface area contributed by atoms with Crippen molar-refractivity contribution in [3.63, 3.8) is 0 Å². The maximum absolute atomic E-state index is 9.98. The quantitative estimate of drug-likeness (QED) is 0.509. The van der Waals surface area contributed by atoms with Crippen LogP contribution in [0.2, 0.25) is 0 Å². The van der Waals surface area contributed by atoms with Crippen LogP contribution >= 0.6 is 0 Å². The molecule has 0 aliphatic heterocycles. The van der Waals surface area contributed by atoms with Gasteiger partial charge in [0.25, 0.3) is 0 Å². The van der Waals surface area contributed by atoms with E-state index in [0.29, 0.717) is 0 Å². The van der Waals surface area contributed by atoms with Gasteiger partial charge in [0.1, 0.15) is 0 Å². The predicted octanol–water partition coefficient (Wildman–Crippen LogP) is -0.541. The second-order valence-electron chi connectivity index (χ2n) is 1.26. The van der Waals surface area contributed by atoms with Crippen molar-refractivity contribution >= 4 is 35.5 Å². The molecular formula is C4H5N2NaO2. The fraction of sp³-hybridized carbons (Fsp3) is 0. The minimum absolute atomic E-state index is 0. The molecule has 0 bridgehead atoms. The molecule has 1 aromatic heterocycles. The molecule has 0 atom stereocenters. The van der Waals surface area contributed by atoms with Crippen molar-refractivity contribution in [2.75, 3.05) is 0 Å². The number of aromatic nitrogens is 2. The van der Waals surface area contributed by atoms with Crippen LogP contribution in [0.15, 0.2) is 12.3 Å². The Hall–Kier alpha value is -0.320. The average molecular weight is 136 g/mol. The van der Waals surface area contributed by atoms with Crippen molar-refractivity contribution < 1.29 is 9.90 Å². The Balaban J connectivity index is 0.000000640. The first kappa shape index (κ1) is 8.68. The molecule has 9 heavy (non-hydrogen) atoms. The number of hydrogen-bond acceptors (Lipinski definition) is 2. The standard InChI is InChI=1S/C4H4N2O2.Na.H/c7-4(8)3-1-2-5-6-3;;/h1-2H,(H,5,6)(H,7,8);;. The summed E-state index contributed by atoms with van der Waals surface area (Å²) in [5, 5.41) is 14.0. The Kier molecular flexibility index (Phi) is 3.53. The molecular weight excluding hydrogens is 131 g/mol. The van der Waals surface area contributed by atoms with Crippen LogP contribution in [-0.4, -0.2) is 50.8 Å². The molecule has 0 unspecified atom stereocenters. The normalized spacial score (nSPS) is 8.00. The van der Waals surface area contributed by atoms with Gasteiger partial charge in [-0.25, -0.2) is 4.79 Å². The van der Waals surface area contributed by atoms with E-state index in [0.717, 1.165) is 0 Å². The zero-order valence-electron chi connectivity index (χ0n) is 3.96. The molecule has 0 aromatic carbocycles. The molecule has 0 saturated carbocycles. The van der Waals surface area contributed by atoms with Gasteiger partial charge in [0.05, 0.1) is 0 Å². The van der Waals surface area contributed by atoms with E-state index < -0.39 is 5.97 Å². The van der Waals surface area contributed by atoms with Crippen LogP contribution in [0.25, 0.3) is 0 Å². The third kappa shape index (κ3) is 2.17. The van der Waals surface area contributed by atoms with Gasteiger partial charge in [-0.3, -0.25) is 5.10 Å². The molecule has 0 radical (unpaired) electrons. The third-order valence-electron chi connectivity index (χ3n) is 0.720. The number of rotatable bonds is 1. The van der Waals surface area contributed by atoms with Gasteiger partial charge in [-0.1, -0.05) is 0 Å². The summed E-state index contributed by atoms with van der Waals surface area (Å²) in [7, 11) is 0. The summed E-state index contributed by atoms with van der Waals surface area (Å²) in [6.07, 6.45) is 1.46. The molecule has 1 aromatic rings. The number of nitrogens with one attached hydrogen (secondary N) is 1. The summed E-state index contributed by atoms with van der Waals surface area (Å²) >= 11 is 0. The van der Waals surface area contributed by atoms with Gasteiger partial charge < -0.3 is 5.11 Å². The molecule has 1 heterocycles. The Morgan fingerprint density at radius 2 is 2.44 bits per heavy atom. The van der Waals surface area contributed by atoms with Crippen molar-refractivity contribution in [1.82, 2.24) is 10.2 Å². The van der Waals surface area contributed by atoms with Crippen LogP contribution in [0, 0.1) is 0 Å². The van der Waals surface area contributed by atoms with Crippen LogP contribution in [0.4, 0.5) is 0 Å². The summed E-state index contributed by atoms with van der Waals surface area (Å²) in [5.41, 5.74) is 0.0463. The minimum atomic E-state index is -1.01. The fourth-order valence-corrected chi connectivity index (χ4v) is 0.379. The predicted molar refractivity (Wildman–Crippen MR) is 32.7 cm³/mol. The molecule has 0 aliphatic rings. The van der Waals surface area contributed by atoms with Gasteiger partial charge in [0.2, 0.25) is 0 Å². The van der Waals surface area contributed by atoms with Gasteiger partial charge >= 0.3 is 35.5 Å². The number of carboxylic acids is 1. The van der Waals surface area contributed by atoms with Gasteiger partial charge in [-0.15, -0.1) is 0 Å². The van der Waals surface area contributed by atoms with Crippen LogP contribution in [0.5, 0.6) is 0 Å². The molecule has 0 spiro atoms. The van der Waals surface area contributed by atoms with E-state index in [2.05, 4.69) is 10.2 Å². The Labute approximate surface area is 73.6 Å². The van der Waals surface area contributed by atoms with E-state index in [1.807, 2.05) is 0 Å². The molecule has 5 heteroatoms. The molecule has 0 aliphatic carbocycles. The molecule has 0 fully saturated rings. The van der Waals surface area contributed by atoms with E-state index in [4.69, 9.17) is 5.11 Å². The van der Waals surface area contributed by atoms with Crippen molar-refractivity contribution in [3.05, 3.63) is 18.0 Å². The number of carboxylic acid groups (broad SMARTS) is 1. The van der Waals surface area contributed by atoms with E-state index in [1.165, 1.54) is 12.3 Å². The number of carbonyl (C=O) groups is 1. The second-order valence-corrected chi connectivity index (χ2v) is 1.26. The average Bonchev–Trinajstić information content (AvgIpc) is 2.12. The fourth-order valence-electron chi connectivity index (χ4n) is 0.379. The summed E-state index contributed by atoms with van der Waals surface area (Å²) in [4.78, 5) is 9.98. The van der Waals surface area contributed by atoms with E-state index in [1.54, 1.807) is 0 Å². The summed E-state index contributed by atoms with van der Waals surface area (Å²) < 4.78 is 0. The molecule has 4 nitrogen and oxygen atoms in total. The first-order valence-electron chi connectivity index (χ1n) is 2.04. The van der Waals surface area contributed by atoms with Crippen molar-refractivity contribution in [2.45, 2.75) is 0 Å². The first-order chi connectivity index (χ1) is 3.80. The first-order valence-corrected chi connectivity index (χ1v) is 2.04. The molecule has 0 amide bonds. The Morgan fingerprint density at radius 3 is 2.67 bits per heavy atom. The van der Waals surface area contributed by atoms with E-state index >= 15 is 0 Å². The van der Waals surface area contributed by atoms with Gasteiger partial charge in [-0.05, 0) is 6.07 Å². The topological polar surface area (TPSA) is 66.0 Å². The van der Waals surface area contributed by atoms with E-state index in [9.17, 15) is 4.79 Å². The van der Waals surface area contributed by atoms with Crippen LogP contribution < -0.4 is 0 Å². The summed E-state index contributed by atoms with van der Waals surface area (Å²) in [5.74, 6) is -1.01. The van der Waals surface area contributed by atoms with Crippen molar-refractivity contribution in [2.24, 2.45) is 0 Å². The number of aromatic amines is 1. The number of hydrogen-bond donors (Lipinski definition) is 2. The molecule has 44 valence electrons. The SMILES string of the molecule is O=C(O)c1cc[nH]n1.[NaH]. The summed E-state index contributed by atoms with van der Waals surface area (Å²) in [6, 6.07) is 1.39. The van der Waals surface area contributed by atoms with Crippen LogP contribution in [0.1, 0.15) is 10.5 Å². The van der Waals surface area contributed by atoms with Gasteiger partial charge in [-0.2, -0.15) is 5.10 Å². The monoisotopic (exact) mass is 136 g/mol. The Bertz CT molecular complexity index is 184. The molecule has 1 rings (SSSR count). The summed E-state index contributed by atoms with van der Waals surface area (Å²) in [6.45, 7) is 0. The second kappa shape index (κ2) is 3.66. The zero-order valence-corrected chi connectivity index (χ0v) is 3.96.